The summed E-state index contributed by atoms with van der Waals surface area (Å²) < 4.78 is 9.80. The first-order chi connectivity index (χ1) is 12.8. The van der Waals surface area contributed by atoms with Crippen LogP contribution < -0.4 is 0 Å². The Morgan fingerprint density at radius 2 is 1.59 bits per heavy atom. The second kappa shape index (κ2) is 11.6. The minimum Gasteiger partial charge on any atom is -0.481 e. The number of esters is 2. The molecule has 1 fully saturated rings. The van der Waals surface area contributed by atoms with Crippen LogP contribution in [0.4, 0.5) is 0 Å². The Kier molecular flexibility index (Phi) is 9.82. The number of ether oxygens (including phenoxy) is 2. The zero-order valence-electron chi connectivity index (χ0n) is 15.9. The summed E-state index contributed by atoms with van der Waals surface area (Å²) in [5.41, 5.74) is -1.93. The molecule has 1 aliphatic rings. The number of aliphatic carboxylic acids is 2. The van der Waals surface area contributed by atoms with E-state index in [1.807, 2.05) is 0 Å². The fourth-order valence-corrected chi connectivity index (χ4v) is 3.42. The molecule has 1 rings (SSSR count). The van der Waals surface area contributed by atoms with Crippen molar-refractivity contribution < 1.29 is 38.9 Å². The van der Waals surface area contributed by atoms with E-state index in [2.05, 4.69) is 0 Å². The molecule has 0 aromatic heterocycles. The molecule has 27 heavy (non-hydrogen) atoms. The molecule has 0 amide bonds. The van der Waals surface area contributed by atoms with Gasteiger partial charge in [0.1, 0.15) is 5.92 Å². The lowest BCUT2D eigenvalue weighted by Crippen LogP contribution is -2.49. The highest BCUT2D eigenvalue weighted by molar-refractivity contribution is 5.90. The van der Waals surface area contributed by atoms with Gasteiger partial charge in [0.25, 0.3) is 0 Å². The minimum atomic E-state index is -1.93. The number of hydrogen-bond acceptors (Lipinski definition) is 6. The van der Waals surface area contributed by atoms with Gasteiger partial charge in [0.2, 0.25) is 5.60 Å². The van der Waals surface area contributed by atoms with E-state index in [-0.39, 0.29) is 25.2 Å². The van der Waals surface area contributed by atoms with Crippen LogP contribution in [0.5, 0.6) is 0 Å². The third-order valence-electron chi connectivity index (χ3n) is 4.91. The highest BCUT2D eigenvalue weighted by atomic mass is 16.6. The standard InChI is InChI=1S/C19H30O8/c1-14(20)26-13-9-7-5-3-2-4-6-8-10-15(17(22)23)19(18(24)25)12-11-16(21)27-19/h15H,2-13H2,1H3,(H,22,23)(H,24,25)/t15-,19+/m0/s1. The highest BCUT2D eigenvalue weighted by Crippen LogP contribution is 2.37. The van der Waals surface area contributed by atoms with Crippen molar-refractivity contribution in [3.8, 4) is 0 Å². The summed E-state index contributed by atoms with van der Waals surface area (Å²) in [6.07, 6.45) is 7.33. The molecule has 154 valence electrons. The van der Waals surface area contributed by atoms with Gasteiger partial charge < -0.3 is 19.7 Å². The largest absolute Gasteiger partial charge is 0.481 e. The van der Waals surface area contributed by atoms with Gasteiger partial charge in [-0.2, -0.15) is 0 Å². The first-order valence-electron chi connectivity index (χ1n) is 9.61. The van der Waals surface area contributed by atoms with Crippen molar-refractivity contribution in [2.24, 2.45) is 5.92 Å². The van der Waals surface area contributed by atoms with E-state index in [9.17, 15) is 29.4 Å². The molecule has 0 aromatic rings. The van der Waals surface area contributed by atoms with Gasteiger partial charge in [0.05, 0.1) is 6.61 Å². The van der Waals surface area contributed by atoms with E-state index in [1.165, 1.54) is 6.92 Å². The average Bonchev–Trinajstić information content (AvgIpc) is 2.98. The first kappa shape index (κ1) is 22.9. The molecule has 8 nitrogen and oxygen atoms in total. The Bertz CT molecular complexity index is 530. The molecule has 8 heteroatoms. The monoisotopic (exact) mass is 386 g/mol. The van der Waals surface area contributed by atoms with Crippen molar-refractivity contribution in [1.82, 2.24) is 0 Å². The number of rotatable bonds is 14. The van der Waals surface area contributed by atoms with Crippen LogP contribution in [0.25, 0.3) is 0 Å². The number of carbonyl (C=O) groups excluding carboxylic acids is 2. The molecular weight excluding hydrogens is 356 g/mol. The third-order valence-corrected chi connectivity index (χ3v) is 4.91. The van der Waals surface area contributed by atoms with E-state index in [0.717, 1.165) is 44.9 Å². The maximum absolute atomic E-state index is 11.6. The first-order valence-corrected chi connectivity index (χ1v) is 9.61. The number of unbranched alkanes of at least 4 members (excludes halogenated alkanes) is 7. The normalized spacial score (nSPS) is 20.1. The molecule has 0 bridgehead atoms. The lowest BCUT2D eigenvalue weighted by atomic mass is 9.81. The Morgan fingerprint density at radius 1 is 1.04 bits per heavy atom. The summed E-state index contributed by atoms with van der Waals surface area (Å²) in [4.78, 5) is 45.1. The fraction of sp³-hybridized carbons (Fsp3) is 0.789. The number of carboxylic acid groups (broad SMARTS) is 2. The topological polar surface area (TPSA) is 127 Å². The van der Waals surface area contributed by atoms with Gasteiger partial charge in [-0.1, -0.05) is 44.9 Å². The van der Waals surface area contributed by atoms with E-state index in [1.54, 1.807) is 0 Å². The highest BCUT2D eigenvalue weighted by Gasteiger charge is 2.56. The Hall–Kier alpha value is -2.12. The van der Waals surface area contributed by atoms with Crippen molar-refractivity contribution in [2.45, 2.75) is 83.2 Å². The molecular formula is C19H30O8. The van der Waals surface area contributed by atoms with Crippen LogP contribution >= 0.6 is 0 Å². The SMILES string of the molecule is CC(=O)OCCCCCCCCCC[C@@H](C(=O)O)[C@@]1(C(=O)O)CCC(=O)O1. The van der Waals surface area contributed by atoms with Crippen molar-refractivity contribution in [1.29, 1.82) is 0 Å². The summed E-state index contributed by atoms with van der Waals surface area (Å²) in [6.45, 7) is 1.85. The summed E-state index contributed by atoms with van der Waals surface area (Å²) in [7, 11) is 0. The zero-order chi connectivity index (χ0) is 20.3. The third kappa shape index (κ3) is 7.56. The Labute approximate surface area is 159 Å². The summed E-state index contributed by atoms with van der Waals surface area (Å²) >= 11 is 0. The predicted octanol–water partition coefficient (Wildman–Crippen LogP) is 2.92. The van der Waals surface area contributed by atoms with Crippen LogP contribution in [-0.2, 0) is 28.7 Å². The van der Waals surface area contributed by atoms with Gasteiger partial charge >= 0.3 is 23.9 Å². The summed E-state index contributed by atoms with van der Waals surface area (Å²) in [5.74, 6) is -4.75. The summed E-state index contributed by atoms with van der Waals surface area (Å²) in [5, 5.41) is 18.9. The minimum absolute atomic E-state index is 0.0620. The van der Waals surface area contributed by atoms with Gasteiger partial charge in [-0.25, -0.2) is 4.79 Å². The smallest absolute Gasteiger partial charge is 0.349 e. The van der Waals surface area contributed by atoms with Crippen molar-refractivity contribution in [3.05, 3.63) is 0 Å². The second-order valence-electron chi connectivity index (χ2n) is 7.02. The molecule has 2 atom stereocenters. The maximum atomic E-state index is 11.6. The van der Waals surface area contributed by atoms with Gasteiger partial charge in [0, 0.05) is 19.8 Å². The molecule has 0 saturated carbocycles. The average molecular weight is 386 g/mol. The van der Waals surface area contributed by atoms with Crippen molar-refractivity contribution in [2.75, 3.05) is 6.61 Å². The lowest BCUT2D eigenvalue weighted by molar-refractivity contribution is -0.182. The fourth-order valence-electron chi connectivity index (χ4n) is 3.42. The lowest BCUT2D eigenvalue weighted by Gasteiger charge is -2.29. The van der Waals surface area contributed by atoms with Crippen LogP contribution in [0.3, 0.4) is 0 Å². The van der Waals surface area contributed by atoms with E-state index < -0.39 is 29.4 Å². The van der Waals surface area contributed by atoms with Gasteiger partial charge in [-0.15, -0.1) is 0 Å². The molecule has 0 unspecified atom stereocenters. The summed E-state index contributed by atoms with van der Waals surface area (Å²) in [6, 6.07) is 0. The van der Waals surface area contributed by atoms with Crippen molar-refractivity contribution >= 4 is 23.9 Å². The van der Waals surface area contributed by atoms with Gasteiger partial charge in [-0.05, 0) is 12.8 Å². The predicted molar refractivity (Wildman–Crippen MR) is 95.0 cm³/mol. The Morgan fingerprint density at radius 3 is 2.04 bits per heavy atom. The number of carboxylic acids is 2. The quantitative estimate of drug-likeness (QED) is 0.344. The maximum Gasteiger partial charge on any atom is 0.349 e. The van der Waals surface area contributed by atoms with Gasteiger partial charge in [-0.3, -0.25) is 14.4 Å². The molecule has 2 N–H and O–H groups in total. The van der Waals surface area contributed by atoms with E-state index >= 15 is 0 Å². The molecule has 1 saturated heterocycles. The van der Waals surface area contributed by atoms with Crippen LogP contribution in [0, 0.1) is 5.92 Å². The van der Waals surface area contributed by atoms with Crippen LogP contribution in [0.15, 0.2) is 0 Å². The molecule has 1 aliphatic heterocycles. The molecule has 0 aliphatic carbocycles. The number of hydrogen-bond donors (Lipinski definition) is 2. The Balaban J connectivity index is 2.23. The van der Waals surface area contributed by atoms with Crippen molar-refractivity contribution in [3.63, 3.8) is 0 Å². The van der Waals surface area contributed by atoms with E-state index in [4.69, 9.17) is 9.47 Å². The molecule has 0 radical (unpaired) electrons. The van der Waals surface area contributed by atoms with E-state index in [0.29, 0.717) is 13.0 Å². The van der Waals surface area contributed by atoms with Crippen LogP contribution in [-0.4, -0.2) is 46.3 Å². The van der Waals surface area contributed by atoms with Crippen LogP contribution in [0.2, 0.25) is 0 Å². The number of cyclic esters (lactones) is 1. The zero-order valence-corrected chi connectivity index (χ0v) is 15.9. The number of carbonyl (C=O) groups is 4. The molecule has 0 aromatic carbocycles. The van der Waals surface area contributed by atoms with Crippen LogP contribution in [0.1, 0.15) is 77.6 Å². The molecule has 0 spiro atoms. The van der Waals surface area contributed by atoms with Gasteiger partial charge in [0.15, 0.2) is 0 Å². The second-order valence-corrected chi connectivity index (χ2v) is 7.02. The molecule has 1 heterocycles.